The summed E-state index contributed by atoms with van der Waals surface area (Å²) < 4.78 is 40.8. The first kappa shape index (κ1) is 7.55. The Balaban J connectivity index is 1.90. The summed E-state index contributed by atoms with van der Waals surface area (Å²) in [5, 5.41) is 2.33. The van der Waals surface area contributed by atoms with E-state index in [9.17, 15) is 0 Å². The van der Waals surface area contributed by atoms with E-state index in [4.69, 9.17) is 6.85 Å². The molecule has 0 atom stereocenters. The van der Waals surface area contributed by atoms with Crippen molar-refractivity contribution in [2.24, 2.45) is 0 Å². The van der Waals surface area contributed by atoms with Gasteiger partial charge in [-0.05, 0) is 30.6 Å². The van der Waals surface area contributed by atoms with Gasteiger partial charge in [-0.15, -0.1) is 11.3 Å². The lowest BCUT2D eigenvalue weighted by Gasteiger charge is -2.01. The maximum atomic E-state index is 8.17. The first-order valence-corrected chi connectivity index (χ1v) is 7.06. The summed E-state index contributed by atoms with van der Waals surface area (Å²) >= 11 is 1.66. The van der Waals surface area contributed by atoms with Crippen LogP contribution < -0.4 is 0 Å². The topological polar surface area (TPSA) is 12.9 Å². The predicted molar refractivity (Wildman–Crippen MR) is 87.3 cm³/mol. The molecule has 2 heterocycles. The summed E-state index contributed by atoms with van der Waals surface area (Å²) in [5.41, 5.74) is 0.858. The molecular formula is C18H13NS. The zero-order chi connectivity index (χ0) is 17.8. The van der Waals surface area contributed by atoms with Crippen molar-refractivity contribution in [3.8, 4) is 11.3 Å². The molecule has 0 spiro atoms. The molecule has 0 saturated heterocycles. The molecule has 0 aliphatic heterocycles. The number of aromatic nitrogens is 1. The summed E-state index contributed by atoms with van der Waals surface area (Å²) in [6, 6.07) is 13.5. The summed E-state index contributed by atoms with van der Waals surface area (Å²) in [6.45, 7) is -2.44. The molecule has 0 fully saturated rings. The van der Waals surface area contributed by atoms with Crippen LogP contribution in [0.4, 0.5) is 0 Å². The van der Waals surface area contributed by atoms with Gasteiger partial charge in [0.1, 0.15) is 0 Å². The zero-order valence-corrected chi connectivity index (χ0v) is 11.3. The van der Waals surface area contributed by atoms with E-state index < -0.39 is 6.85 Å². The monoisotopic (exact) mass is 280 g/mol. The fourth-order valence-corrected chi connectivity index (χ4v) is 3.49. The molecule has 4 aromatic rings. The van der Waals surface area contributed by atoms with Crippen molar-refractivity contribution in [3.05, 3.63) is 66.3 Å². The molecule has 4 rings (SSSR count). The molecule has 0 saturated carbocycles. The van der Waals surface area contributed by atoms with Gasteiger partial charge in [0.05, 0.1) is 8.44 Å². The number of benzene rings is 2. The van der Waals surface area contributed by atoms with E-state index in [1.54, 1.807) is 11.3 Å². The molecule has 0 N–H and O–H groups in total. The first-order chi connectivity index (χ1) is 11.9. The molecule has 1 nitrogen and oxygen atoms in total. The molecular weight excluding hydrogens is 262 g/mol. The van der Waals surface area contributed by atoms with E-state index in [-0.39, 0.29) is 17.6 Å². The second kappa shape index (κ2) is 4.43. The molecule has 96 valence electrons. The summed E-state index contributed by atoms with van der Waals surface area (Å²) in [6.07, 6.45) is 1.19. The third kappa shape index (κ3) is 1.81. The van der Waals surface area contributed by atoms with E-state index in [0.29, 0.717) is 5.69 Å². The maximum Gasteiger partial charge on any atom is 0.0702 e. The number of pyridine rings is 1. The first-order valence-electron chi connectivity index (χ1n) is 8.74. The van der Waals surface area contributed by atoms with Crippen LogP contribution in [0.2, 0.25) is 0 Å². The van der Waals surface area contributed by atoms with Crippen LogP contribution >= 0.6 is 11.3 Å². The molecule has 20 heavy (non-hydrogen) atoms. The summed E-state index contributed by atoms with van der Waals surface area (Å²) in [5.74, 6) is 0. The smallest absolute Gasteiger partial charge is 0.0702 e. The van der Waals surface area contributed by atoms with Crippen LogP contribution in [-0.4, -0.2) is 4.98 Å². The second-order valence-corrected chi connectivity index (χ2v) is 5.66. The quantitative estimate of drug-likeness (QED) is 0.453. The lowest BCUT2D eigenvalue weighted by Crippen LogP contribution is -1.83. The van der Waals surface area contributed by atoms with E-state index in [1.165, 1.54) is 16.3 Å². The summed E-state index contributed by atoms with van der Waals surface area (Å²) in [7, 11) is 0. The van der Waals surface area contributed by atoms with Crippen LogP contribution in [0.3, 0.4) is 0 Å². The average Bonchev–Trinajstić information content (AvgIpc) is 2.93. The van der Waals surface area contributed by atoms with Gasteiger partial charge in [0, 0.05) is 36.0 Å². The molecule has 0 aliphatic carbocycles. The Bertz CT molecular complexity index is 1110. The van der Waals surface area contributed by atoms with Gasteiger partial charge in [-0.25, -0.2) is 0 Å². The van der Waals surface area contributed by atoms with Crippen molar-refractivity contribution in [2.45, 2.75) is 6.85 Å². The lowest BCUT2D eigenvalue weighted by molar-refractivity contribution is 1.27. The van der Waals surface area contributed by atoms with Crippen molar-refractivity contribution in [1.82, 2.24) is 4.98 Å². The number of fused-ring (bicyclic) bond motifs is 3. The zero-order valence-electron chi connectivity index (χ0n) is 15.5. The predicted octanol–water partition coefficient (Wildman–Crippen LogP) is 5.42. The highest BCUT2D eigenvalue weighted by molar-refractivity contribution is 7.25. The lowest BCUT2D eigenvalue weighted by atomic mass is 10.1. The third-order valence-corrected chi connectivity index (χ3v) is 4.42. The van der Waals surface area contributed by atoms with E-state index in [1.807, 2.05) is 30.3 Å². The van der Waals surface area contributed by atoms with Crippen molar-refractivity contribution in [1.29, 1.82) is 0 Å². The number of aryl methyl sites for hydroxylation is 1. The van der Waals surface area contributed by atoms with E-state index >= 15 is 0 Å². The Labute approximate surface area is 128 Å². The Hall–Kier alpha value is -2.19. The van der Waals surface area contributed by atoms with Gasteiger partial charge >= 0.3 is 0 Å². The van der Waals surface area contributed by atoms with Crippen molar-refractivity contribution >= 4 is 31.5 Å². The molecule has 2 heteroatoms. The number of nitrogens with zero attached hydrogens (tertiary/aromatic N) is 1. The van der Waals surface area contributed by atoms with E-state index in [2.05, 4.69) is 17.1 Å². The van der Waals surface area contributed by atoms with Crippen LogP contribution in [0, 0.1) is 6.85 Å². The van der Waals surface area contributed by atoms with Crippen LogP contribution in [0.1, 0.15) is 12.4 Å². The van der Waals surface area contributed by atoms with Gasteiger partial charge in [0.2, 0.25) is 0 Å². The van der Waals surface area contributed by atoms with Gasteiger partial charge in [-0.1, -0.05) is 36.4 Å². The van der Waals surface area contributed by atoms with Crippen LogP contribution in [0.25, 0.3) is 31.4 Å². The van der Waals surface area contributed by atoms with Crippen molar-refractivity contribution < 1.29 is 6.85 Å². The molecule has 0 unspecified atom stereocenters. The number of thiophene rings is 1. The van der Waals surface area contributed by atoms with E-state index in [0.717, 1.165) is 15.6 Å². The minimum absolute atomic E-state index is 0.158. The number of hydrogen-bond donors (Lipinski definition) is 0. The Kier molecular flexibility index (Phi) is 1.67. The maximum absolute atomic E-state index is 8.17. The third-order valence-electron chi connectivity index (χ3n) is 3.29. The molecule has 2 aromatic heterocycles. The Morgan fingerprint density at radius 1 is 1.05 bits per heavy atom. The standard InChI is InChI=1S/C18H13NS/c1-12-6-9-16(19-11-12)13-7-8-15-14-4-2-3-5-17(14)20-18(15)10-13/h2-11H,1H3/i1D3,6D,9D. The molecule has 0 aliphatic rings. The van der Waals surface area contributed by atoms with Crippen LogP contribution in [0.15, 0.2) is 60.7 Å². The number of rotatable bonds is 1. The fourth-order valence-electron chi connectivity index (χ4n) is 2.34. The second-order valence-electron chi connectivity index (χ2n) is 4.58. The largest absolute Gasteiger partial charge is 0.256 e. The Morgan fingerprint density at radius 2 is 1.95 bits per heavy atom. The van der Waals surface area contributed by atoms with Gasteiger partial charge in [0.15, 0.2) is 0 Å². The van der Waals surface area contributed by atoms with Crippen LogP contribution in [0.5, 0.6) is 0 Å². The highest BCUT2D eigenvalue weighted by atomic mass is 32.1. The molecule has 0 radical (unpaired) electrons. The van der Waals surface area contributed by atoms with Gasteiger partial charge in [0.25, 0.3) is 0 Å². The summed E-state index contributed by atoms with van der Waals surface area (Å²) in [4.78, 5) is 4.17. The average molecular weight is 280 g/mol. The van der Waals surface area contributed by atoms with Gasteiger partial charge in [-0.3, -0.25) is 4.98 Å². The van der Waals surface area contributed by atoms with Gasteiger partial charge < -0.3 is 0 Å². The molecule has 0 amide bonds. The normalized spacial score (nSPS) is 15.5. The highest BCUT2D eigenvalue weighted by Gasteiger charge is 2.06. The highest BCUT2D eigenvalue weighted by Crippen LogP contribution is 2.35. The minimum Gasteiger partial charge on any atom is -0.256 e. The molecule has 2 aromatic carbocycles. The fraction of sp³-hybridized carbons (Fsp3) is 0.0556. The van der Waals surface area contributed by atoms with Crippen molar-refractivity contribution in [2.75, 3.05) is 0 Å². The van der Waals surface area contributed by atoms with Gasteiger partial charge in [-0.2, -0.15) is 0 Å². The van der Waals surface area contributed by atoms with Crippen molar-refractivity contribution in [3.63, 3.8) is 0 Å². The number of hydrogen-bond acceptors (Lipinski definition) is 2. The Morgan fingerprint density at radius 3 is 2.90 bits per heavy atom. The molecule has 0 bridgehead atoms. The van der Waals surface area contributed by atoms with Crippen LogP contribution in [-0.2, 0) is 0 Å². The minimum atomic E-state index is -2.44. The SMILES string of the molecule is [2H]c1c(C([2H])([2H])[2H])cnc(-c2ccc3c(c2)sc2ccccc23)c1[2H].